The van der Waals surface area contributed by atoms with Gasteiger partial charge in [-0.3, -0.25) is 4.79 Å². The molecule has 2 heterocycles. The maximum atomic E-state index is 12.3. The summed E-state index contributed by atoms with van der Waals surface area (Å²) in [5.41, 5.74) is 4.59. The summed E-state index contributed by atoms with van der Waals surface area (Å²) < 4.78 is 7.13. The number of thioether (sulfide) groups is 1. The lowest BCUT2D eigenvalue weighted by atomic mass is 10.1. The number of ether oxygens (including phenoxy) is 1. The van der Waals surface area contributed by atoms with Crippen LogP contribution in [-0.4, -0.2) is 31.8 Å². The SMILES string of the molecule is CSc1nc2nc(C)c(CC(=O)OCc3ccccc3C)c(C)n2n1. The molecule has 3 rings (SSSR count). The third-order valence-corrected chi connectivity index (χ3v) is 4.72. The van der Waals surface area contributed by atoms with Crippen molar-refractivity contribution < 1.29 is 9.53 Å². The van der Waals surface area contributed by atoms with Crippen molar-refractivity contribution in [3.8, 4) is 0 Å². The Morgan fingerprint density at radius 3 is 2.68 bits per heavy atom. The second-order valence-corrected chi connectivity index (χ2v) is 6.61. The summed E-state index contributed by atoms with van der Waals surface area (Å²) >= 11 is 1.46. The second kappa shape index (κ2) is 7.23. The van der Waals surface area contributed by atoms with Gasteiger partial charge in [0.25, 0.3) is 5.78 Å². The molecule has 0 aliphatic heterocycles. The maximum absolute atomic E-state index is 12.3. The van der Waals surface area contributed by atoms with Gasteiger partial charge >= 0.3 is 5.97 Å². The van der Waals surface area contributed by atoms with E-state index >= 15 is 0 Å². The number of aryl methyl sites for hydroxylation is 3. The number of esters is 1. The second-order valence-electron chi connectivity index (χ2n) is 5.84. The van der Waals surface area contributed by atoms with Crippen molar-refractivity contribution in [2.75, 3.05) is 6.26 Å². The van der Waals surface area contributed by atoms with Crippen LogP contribution in [0.3, 0.4) is 0 Å². The van der Waals surface area contributed by atoms with E-state index in [1.165, 1.54) is 11.8 Å². The first-order chi connectivity index (χ1) is 12.0. The molecule has 0 fully saturated rings. The fraction of sp³-hybridized carbons (Fsp3) is 0.333. The molecule has 0 bridgehead atoms. The van der Waals surface area contributed by atoms with Crippen LogP contribution in [0.15, 0.2) is 29.4 Å². The van der Waals surface area contributed by atoms with Crippen molar-refractivity contribution in [1.82, 2.24) is 19.6 Å². The zero-order valence-electron chi connectivity index (χ0n) is 14.7. The highest BCUT2D eigenvalue weighted by atomic mass is 32.2. The molecule has 2 aromatic heterocycles. The minimum Gasteiger partial charge on any atom is -0.461 e. The van der Waals surface area contributed by atoms with Crippen molar-refractivity contribution in [2.24, 2.45) is 0 Å². The number of aromatic nitrogens is 4. The molecule has 1 aromatic carbocycles. The first-order valence-corrected chi connectivity index (χ1v) is 9.19. The van der Waals surface area contributed by atoms with E-state index in [-0.39, 0.29) is 19.0 Å². The van der Waals surface area contributed by atoms with Gasteiger partial charge in [-0.2, -0.15) is 4.98 Å². The standard InChI is InChI=1S/C18H20N4O2S/c1-11-7-5-6-8-14(11)10-24-16(23)9-15-12(2)19-17-20-18(25-4)21-22(17)13(15)3/h5-8H,9-10H2,1-4H3. The summed E-state index contributed by atoms with van der Waals surface area (Å²) in [6.45, 7) is 6.08. The van der Waals surface area contributed by atoms with Gasteiger partial charge in [-0.15, -0.1) is 5.10 Å². The molecule has 0 spiro atoms. The summed E-state index contributed by atoms with van der Waals surface area (Å²) in [5, 5.41) is 5.06. The Morgan fingerprint density at radius 2 is 1.96 bits per heavy atom. The topological polar surface area (TPSA) is 69.4 Å². The van der Waals surface area contributed by atoms with Gasteiger partial charge in [0.05, 0.1) is 6.42 Å². The number of benzene rings is 1. The largest absolute Gasteiger partial charge is 0.461 e. The van der Waals surface area contributed by atoms with Gasteiger partial charge in [-0.05, 0) is 38.2 Å². The van der Waals surface area contributed by atoms with Crippen LogP contribution in [-0.2, 0) is 22.6 Å². The fourth-order valence-corrected chi connectivity index (χ4v) is 2.99. The third-order valence-electron chi connectivity index (χ3n) is 4.18. The molecule has 0 amide bonds. The van der Waals surface area contributed by atoms with E-state index in [0.29, 0.717) is 10.9 Å². The molecule has 130 valence electrons. The van der Waals surface area contributed by atoms with Crippen molar-refractivity contribution >= 4 is 23.5 Å². The minimum absolute atomic E-state index is 0.168. The summed E-state index contributed by atoms with van der Waals surface area (Å²) in [4.78, 5) is 21.1. The van der Waals surface area contributed by atoms with E-state index < -0.39 is 0 Å². The molecule has 0 radical (unpaired) electrons. The summed E-state index contributed by atoms with van der Waals surface area (Å²) in [7, 11) is 0. The Kier molecular flexibility index (Phi) is 5.03. The smallest absolute Gasteiger partial charge is 0.310 e. The number of fused-ring (bicyclic) bond motifs is 1. The van der Waals surface area contributed by atoms with Gasteiger partial charge in [-0.1, -0.05) is 36.0 Å². The third kappa shape index (κ3) is 3.66. The zero-order valence-corrected chi connectivity index (χ0v) is 15.6. The lowest BCUT2D eigenvalue weighted by Crippen LogP contribution is -2.13. The van der Waals surface area contributed by atoms with Crippen LogP contribution in [0.1, 0.15) is 28.1 Å². The van der Waals surface area contributed by atoms with E-state index in [2.05, 4.69) is 15.1 Å². The van der Waals surface area contributed by atoms with Crippen LogP contribution in [0.2, 0.25) is 0 Å². The van der Waals surface area contributed by atoms with Gasteiger partial charge in [0.15, 0.2) is 0 Å². The van der Waals surface area contributed by atoms with Crippen LogP contribution in [0.25, 0.3) is 5.78 Å². The summed E-state index contributed by atoms with van der Waals surface area (Å²) in [5.74, 6) is 0.275. The Morgan fingerprint density at radius 1 is 1.20 bits per heavy atom. The van der Waals surface area contributed by atoms with E-state index in [0.717, 1.165) is 28.1 Å². The normalized spacial score (nSPS) is 11.0. The van der Waals surface area contributed by atoms with Crippen LogP contribution in [0.5, 0.6) is 0 Å². The molecule has 0 N–H and O–H groups in total. The maximum Gasteiger partial charge on any atom is 0.310 e. The number of hydrogen-bond donors (Lipinski definition) is 0. The van der Waals surface area contributed by atoms with Crippen molar-refractivity contribution in [2.45, 2.75) is 39.0 Å². The molecule has 0 atom stereocenters. The van der Waals surface area contributed by atoms with Crippen molar-refractivity contribution in [1.29, 1.82) is 0 Å². The number of carbonyl (C=O) groups is 1. The Labute approximate surface area is 150 Å². The monoisotopic (exact) mass is 356 g/mol. The molecule has 25 heavy (non-hydrogen) atoms. The van der Waals surface area contributed by atoms with Crippen LogP contribution >= 0.6 is 11.8 Å². The number of rotatable bonds is 5. The molecule has 0 saturated carbocycles. The van der Waals surface area contributed by atoms with Gasteiger partial charge in [0.2, 0.25) is 5.16 Å². The van der Waals surface area contributed by atoms with Crippen LogP contribution < -0.4 is 0 Å². The number of carbonyl (C=O) groups excluding carboxylic acids is 1. The Hall–Kier alpha value is -2.41. The van der Waals surface area contributed by atoms with E-state index in [1.807, 2.05) is 51.3 Å². The summed E-state index contributed by atoms with van der Waals surface area (Å²) in [6, 6.07) is 7.88. The van der Waals surface area contributed by atoms with Crippen molar-refractivity contribution in [3.05, 3.63) is 52.3 Å². The van der Waals surface area contributed by atoms with Crippen LogP contribution in [0, 0.1) is 20.8 Å². The van der Waals surface area contributed by atoms with Crippen LogP contribution in [0.4, 0.5) is 0 Å². The van der Waals surface area contributed by atoms with Crippen molar-refractivity contribution in [3.63, 3.8) is 0 Å². The molecule has 0 aliphatic rings. The highest BCUT2D eigenvalue weighted by Crippen LogP contribution is 2.18. The molecule has 0 aliphatic carbocycles. The number of hydrogen-bond acceptors (Lipinski definition) is 6. The lowest BCUT2D eigenvalue weighted by Gasteiger charge is -2.11. The Bertz CT molecular complexity index is 936. The first-order valence-electron chi connectivity index (χ1n) is 7.96. The van der Waals surface area contributed by atoms with Gasteiger partial charge in [0, 0.05) is 17.0 Å². The molecule has 0 unspecified atom stereocenters. The minimum atomic E-state index is -0.277. The highest BCUT2D eigenvalue weighted by molar-refractivity contribution is 7.98. The predicted octanol–water partition coefficient (Wildman–Crippen LogP) is 3.06. The molecule has 7 heteroatoms. The molecular weight excluding hydrogens is 336 g/mol. The quantitative estimate of drug-likeness (QED) is 0.517. The molecule has 6 nitrogen and oxygen atoms in total. The van der Waals surface area contributed by atoms with E-state index in [4.69, 9.17) is 4.74 Å². The van der Waals surface area contributed by atoms with E-state index in [1.54, 1.807) is 4.52 Å². The highest BCUT2D eigenvalue weighted by Gasteiger charge is 2.16. The Balaban J connectivity index is 1.77. The van der Waals surface area contributed by atoms with E-state index in [9.17, 15) is 4.79 Å². The van der Waals surface area contributed by atoms with Gasteiger partial charge in [-0.25, -0.2) is 9.50 Å². The fourth-order valence-electron chi connectivity index (χ4n) is 2.66. The molecule has 3 aromatic rings. The van der Waals surface area contributed by atoms with Gasteiger partial charge < -0.3 is 4.74 Å². The predicted molar refractivity (Wildman–Crippen MR) is 96.7 cm³/mol. The lowest BCUT2D eigenvalue weighted by molar-refractivity contribution is -0.144. The van der Waals surface area contributed by atoms with Gasteiger partial charge in [0.1, 0.15) is 6.61 Å². The summed E-state index contributed by atoms with van der Waals surface area (Å²) in [6.07, 6.45) is 2.09. The first kappa shape index (κ1) is 17.4. The molecule has 0 saturated heterocycles. The zero-order chi connectivity index (χ0) is 18.0. The molecular formula is C18H20N4O2S. The number of nitrogens with zero attached hydrogens (tertiary/aromatic N) is 4. The average Bonchev–Trinajstić information content (AvgIpc) is 3.01. The average molecular weight is 356 g/mol.